The van der Waals surface area contributed by atoms with Gasteiger partial charge in [0.05, 0.1) is 31.5 Å². The summed E-state index contributed by atoms with van der Waals surface area (Å²) in [6.07, 6.45) is -7.53. The fourth-order valence-electron chi connectivity index (χ4n) is 8.16. The zero-order chi connectivity index (χ0) is 47.2. The molecule has 0 spiro atoms. The van der Waals surface area contributed by atoms with Crippen molar-refractivity contribution in [3.05, 3.63) is 0 Å². The van der Waals surface area contributed by atoms with E-state index in [1.807, 2.05) is 6.92 Å². The summed E-state index contributed by atoms with van der Waals surface area (Å²) in [6, 6.07) is 0. The van der Waals surface area contributed by atoms with Crippen LogP contribution in [-0.4, -0.2) is 192 Å². The second-order valence-electron chi connectivity index (χ2n) is 17.7. The van der Waals surface area contributed by atoms with Gasteiger partial charge in [-0.05, 0) is 38.5 Å². The average Bonchev–Trinajstić information content (AvgIpc) is 3.26. The molecule has 0 radical (unpaired) electrons. The third-order valence-electron chi connectivity index (χ3n) is 12.3. The van der Waals surface area contributed by atoms with Gasteiger partial charge in [0.2, 0.25) is 0 Å². The smallest absolute Gasteiger partial charge is 0.332 e. The molecule has 20 heteroatoms. The minimum absolute atomic E-state index is 0.302. The molecule has 13 unspecified atom stereocenters. The van der Waals surface area contributed by atoms with Crippen LogP contribution in [-0.2, 0) is 42.7 Å². The minimum atomic E-state index is -1.88. The minimum Gasteiger partial charge on any atom is -0.479 e. The van der Waals surface area contributed by atoms with Crippen molar-refractivity contribution in [2.24, 2.45) is 0 Å². The molecule has 3 rings (SSSR count). The van der Waals surface area contributed by atoms with Crippen LogP contribution in [0.4, 0.5) is 0 Å². The largest absolute Gasteiger partial charge is 0.479 e. The van der Waals surface area contributed by atoms with E-state index >= 15 is 0 Å². The molecular weight excluding hydrogens is 848 g/mol. The van der Waals surface area contributed by atoms with E-state index in [1.54, 1.807) is 0 Å². The molecule has 64 heavy (non-hydrogen) atoms. The van der Waals surface area contributed by atoms with E-state index < -0.39 is 129 Å². The molecule has 11 N–H and O–H groups in total. The highest BCUT2D eigenvalue weighted by molar-refractivity contribution is 5.71. The standard InChI is InChI=1S/C44H80O20/c1-3-4-18-27(19-17-22-29(47)28(46)20-15-13-11-9-7-5-6-8-10-12-14-16-21-30(48)41(56)57)61-43-39(34(51)31(49)23-59-43)64-44-40(35(52)32(50)24-60-44)63-42-38(55)37(54)36(53)33(62-42)25-58-26(2)45/h27-40,42-44,46-55H,3-25H2,1-2H3,(H,56,57)/t27-,28+,29+,30+,31?,32?,33?,34?,35?,36?,37?,38?,39?,40?,42?,43?,44?/m1/s1. The Morgan fingerprint density at radius 3 is 1.56 bits per heavy atom. The lowest BCUT2D eigenvalue weighted by Crippen LogP contribution is -2.64. The molecule has 0 bridgehead atoms. The summed E-state index contributed by atoms with van der Waals surface area (Å²) in [5.41, 5.74) is 0. The van der Waals surface area contributed by atoms with Crippen LogP contribution in [0.3, 0.4) is 0 Å². The Labute approximate surface area is 376 Å². The van der Waals surface area contributed by atoms with Crippen molar-refractivity contribution in [1.82, 2.24) is 0 Å². The van der Waals surface area contributed by atoms with Crippen LogP contribution < -0.4 is 0 Å². The number of aliphatic carboxylic acids is 1. The molecule has 3 heterocycles. The number of ether oxygens (including phenoxy) is 7. The van der Waals surface area contributed by atoms with E-state index in [9.17, 15) is 60.7 Å². The lowest BCUT2D eigenvalue weighted by molar-refractivity contribution is -0.380. The Bertz CT molecular complexity index is 1270. The molecule has 376 valence electrons. The van der Waals surface area contributed by atoms with E-state index in [0.29, 0.717) is 38.5 Å². The fourth-order valence-corrected chi connectivity index (χ4v) is 8.16. The Kier molecular flexibility index (Phi) is 27.1. The van der Waals surface area contributed by atoms with Crippen LogP contribution in [0.2, 0.25) is 0 Å². The number of hydrogen-bond donors (Lipinski definition) is 11. The van der Waals surface area contributed by atoms with E-state index in [4.69, 9.17) is 38.3 Å². The number of unbranched alkanes of at least 4 members (excludes halogenated alkanes) is 12. The Morgan fingerprint density at radius 1 is 0.562 bits per heavy atom. The lowest BCUT2D eigenvalue weighted by Gasteiger charge is -2.46. The van der Waals surface area contributed by atoms with Crippen LogP contribution >= 0.6 is 0 Å². The monoisotopic (exact) mass is 929 g/mol. The first-order chi connectivity index (χ1) is 30.5. The van der Waals surface area contributed by atoms with Crippen molar-refractivity contribution in [2.75, 3.05) is 19.8 Å². The summed E-state index contributed by atoms with van der Waals surface area (Å²) in [5, 5.41) is 114. The number of rotatable bonds is 32. The van der Waals surface area contributed by atoms with Gasteiger partial charge < -0.3 is 89.3 Å². The first-order valence-electron chi connectivity index (χ1n) is 23.6. The second kappa shape index (κ2) is 30.6. The van der Waals surface area contributed by atoms with Crippen LogP contribution in [0.1, 0.15) is 142 Å². The highest BCUT2D eigenvalue weighted by Crippen LogP contribution is 2.32. The molecule has 3 aliphatic rings. The van der Waals surface area contributed by atoms with Crippen LogP contribution in [0.25, 0.3) is 0 Å². The third kappa shape index (κ3) is 19.5. The summed E-state index contributed by atoms with van der Waals surface area (Å²) in [5.74, 6) is -1.86. The van der Waals surface area contributed by atoms with Crippen LogP contribution in [0.5, 0.6) is 0 Å². The predicted molar refractivity (Wildman–Crippen MR) is 225 cm³/mol. The predicted octanol–water partition coefficient (Wildman–Crippen LogP) is 0.658. The summed E-state index contributed by atoms with van der Waals surface area (Å²) >= 11 is 0. The Morgan fingerprint density at radius 2 is 1.03 bits per heavy atom. The molecule has 17 atom stereocenters. The number of carboxylic acid groups (broad SMARTS) is 1. The molecule has 0 aromatic carbocycles. The summed E-state index contributed by atoms with van der Waals surface area (Å²) in [7, 11) is 0. The number of esters is 1. The molecule has 3 fully saturated rings. The SMILES string of the molecule is CCCC[C@H](CCC[C@H](O)[C@@H](O)CCCCCCCCCCCCCC[C@H](O)C(=O)O)OC1OCC(O)C(O)C1OC1OCC(O)C(O)C1OC1OC(COC(C)=O)C(O)C(O)C1O. The van der Waals surface area contributed by atoms with Crippen molar-refractivity contribution in [1.29, 1.82) is 0 Å². The van der Waals surface area contributed by atoms with Crippen molar-refractivity contribution < 1.29 is 98.9 Å². The topological polar surface area (TPSA) is 321 Å². The number of carboxylic acids is 1. The molecule has 3 aliphatic heterocycles. The van der Waals surface area contributed by atoms with Crippen molar-refractivity contribution in [2.45, 2.75) is 247 Å². The summed E-state index contributed by atoms with van der Waals surface area (Å²) < 4.78 is 40.2. The van der Waals surface area contributed by atoms with Crippen LogP contribution in [0, 0.1) is 0 Å². The molecule has 20 nitrogen and oxygen atoms in total. The molecule has 3 saturated heterocycles. The highest BCUT2D eigenvalue weighted by Gasteiger charge is 2.51. The van der Waals surface area contributed by atoms with E-state index in [2.05, 4.69) is 0 Å². The van der Waals surface area contributed by atoms with Crippen molar-refractivity contribution >= 4 is 11.9 Å². The number of aliphatic hydroxyl groups is 10. The van der Waals surface area contributed by atoms with Gasteiger partial charge in [-0.15, -0.1) is 0 Å². The van der Waals surface area contributed by atoms with Gasteiger partial charge in [-0.25, -0.2) is 4.79 Å². The van der Waals surface area contributed by atoms with Crippen molar-refractivity contribution in [3.8, 4) is 0 Å². The zero-order valence-electron chi connectivity index (χ0n) is 37.7. The summed E-state index contributed by atoms with van der Waals surface area (Å²) in [6.45, 7) is 1.89. The third-order valence-corrected chi connectivity index (χ3v) is 12.3. The maximum absolute atomic E-state index is 11.4. The van der Waals surface area contributed by atoms with Gasteiger partial charge in [0.1, 0.15) is 67.6 Å². The van der Waals surface area contributed by atoms with E-state index in [1.165, 1.54) is 0 Å². The summed E-state index contributed by atoms with van der Waals surface area (Å²) in [4.78, 5) is 22.0. The van der Waals surface area contributed by atoms with Gasteiger partial charge in [0.25, 0.3) is 0 Å². The maximum Gasteiger partial charge on any atom is 0.332 e. The molecule has 0 amide bonds. The van der Waals surface area contributed by atoms with Crippen LogP contribution in [0.15, 0.2) is 0 Å². The van der Waals surface area contributed by atoms with Gasteiger partial charge in [-0.2, -0.15) is 0 Å². The van der Waals surface area contributed by atoms with Gasteiger partial charge >= 0.3 is 11.9 Å². The molecule has 0 saturated carbocycles. The number of hydrogen-bond acceptors (Lipinski definition) is 19. The number of aliphatic hydroxyl groups excluding tert-OH is 10. The first kappa shape index (κ1) is 56.6. The first-order valence-corrected chi connectivity index (χ1v) is 23.6. The van der Waals surface area contributed by atoms with Crippen molar-refractivity contribution in [3.63, 3.8) is 0 Å². The van der Waals surface area contributed by atoms with Gasteiger partial charge in [0.15, 0.2) is 25.0 Å². The number of carbonyl (C=O) groups excluding carboxylic acids is 1. The molecule has 0 aliphatic carbocycles. The van der Waals surface area contributed by atoms with Gasteiger partial charge in [0, 0.05) is 6.92 Å². The van der Waals surface area contributed by atoms with Gasteiger partial charge in [-0.1, -0.05) is 96.8 Å². The second-order valence-corrected chi connectivity index (χ2v) is 17.7. The lowest BCUT2D eigenvalue weighted by atomic mass is 9.98. The zero-order valence-corrected chi connectivity index (χ0v) is 37.7. The highest BCUT2D eigenvalue weighted by atomic mass is 16.8. The molecule has 0 aromatic rings. The Balaban J connectivity index is 1.45. The Hall–Kier alpha value is -1.70. The molecular formula is C44H80O20. The number of carbonyl (C=O) groups is 2. The quantitative estimate of drug-likeness (QED) is 0.0326. The van der Waals surface area contributed by atoms with Gasteiger partial charge in [-0.3, -0.25) is 4.79 Å². The van der Waals surface area contributed by atoms with E-state index in [-0.39, 0.29) is 6.61 Å². The normalized spacial score (nSPS) is 33.0. The van der Waals surface area contributed by atoms with E-state index in [0.717, 1.165) is 96.8 Å². The average molecular weight is 929 g/mol. The molecule has 0 aromatic heterocycles. The fraction of sp³-hybridized carbons (Fsp3) is 0.955. The maximum atomic E-state index is 11.4.